The van der Waals surface area contributed by atoms with Crippen molar-refractivity contribution in [2.45, 2.75) is 39.8 Å². The molecule has 1 heterocycles. The molecule has 0 saturated heterocycles. The topological polar surface area (TPSA) is 54.0 Å². The minimum atomic E-state index is -0.0401. The molecule has 0 spiro atoms. The molecule has 0 saturated carbocycles. The summed E-state index contributed by atoms with van der Waals surface area (Å²) in [5, 5.41) is 6.02. The minimum absolute atomic E-state index is 0.00294. The highest BCUT2D eigenvalue weighted by Gasteiger charge is 2.11. The van der Waals surface area contributed by atoms with Crippen LogP contribution in [0.1, 0.15) is 31.9 Å². The summed E-state index contributed by atoms with van der Waals surface area (Å²) >= 11 is 0. The summed E-state index contributed by atoms with van der Waals surface area (Å²) in [5.41, 5.74) is 2.15. The third-order valence-electron chi connectivity index (χ3n) is 2.40. The summed E-state index contributed by atoms with van der Waals surface area (Å²) in [6, 6.07) is 1.94. The number of pyridine rings is 1. The van der Waals surface area contributed by atoms with E-state index < -0.39 is 0 Å². The van der Waals surface area contributed by atoms with E-state index in [4.69, 9.17) is 0 Å². The van der Waals surface area contributed by atoms with Gasteiger partial charge in [-0.15, -0.1) is 0 Å². The Morgan fingerprint density at radius 3 is 2.71 bits per heavy atom. The first kappa shape index (κ1) is 13.6. The Bertz CT molecular complexity index is 382. The molecule has 1 aromatic heterocycles. The van der Waals surface area contributed by atoms with Crippen molar-refractivity contribution < 1.29 is 4.79 Å². The van der Waals surface area contributed by atoms with Crippen molar-refractivity contribution in [1.29, 1.82) is 0 Å². The summed E-state index contributed by atoms with van der Waals surface area (Å²) < 4.78 is 0. The number of nitrogens with zero attached hydrogens (tertiary/aromatic N) is 1. The average Bonchev–Trinajstić information content (AvgIpc) is 2.24. The van der Waals surface area contributed by atoms with Crippen LogP contribution in [0.4, 0.5) is 0 Å². The van der Waals surface area contributed by atoms with E-state index in [1.807, 2.05) is 33.8 Å². The fourth-order valence-corrected chi connectivity index (χ4v) is 1.28. The van der Waals surface area contributed by atoms with E-state index in [-0.39, 0.29) is 11.4 Å². The number of amides is 1. The maximum Gasteiger partial charge on any atom is 0.234 e. The van der Waals surface area contributed by atoms with E-state index in [0.29, 0.717) is 13.1 Å². The van der Waals surface area contributed by atoms with Crippen LogP contribution in [0.5, 0.6) is 0 Å². The number of nitrogens with one attached hydrogen (secondary N) is 2. The second kappa shape index (κ2) is 5.77. The Kier molecular flexibility index (Phi) is 4.63. The van der Waals surface area contributed by atoms with Gasteiger partial charge in [0.1, 0.15) is 0 Å². The molecule has 1 aromatic rings. The largest absolute Gasteiger partial charge is 0.351 e. The minimum Gasteiger partial charge on any atom is -0.351 e. The number of aryl methyl sites for hydroxylation is 1. The normalized spacial score (nSPS) is 11.3. The molecule has 4 heteroatoms. The molecular weight excluding hydrogens is 214 g/mol. The zero-order chi connectivity index (χ0) is 12.9. The number of rotatable bonds is 4. The maximum atomic E-state index is 11.6. The van der Waals surface area contributed by atoms with Crippen molar-refractivity contribution in [3.63, 3.8) is 0 Å². The van der Waals surface area contributed by atoms with Crippen LogP contribution in [0, 0.1) is 6.92 Å². The van der Waals surface area contributed by atoms with Crippen LogP contribution in [0.15, 0.2) is 18.5 Å². The molecule has 0 bridgehead atoms. The summed E-state index contributed by atoms with van der Waals surface area (Å²) in [7, 11) is 0. The van der Waals surface area contributed by atoms with Gasteiger partial charge < -0.3 is 10.6 Å². The Balaban J connectivity index is 2.36. The first-order chi connectivity index (χ1) is 7.88. The fraction of sp³-hybridized carbons (Fsp3) is 0.538. The van der Waals surface area contributed by atoms with Gasteiger partial charge in [0.05, 0.1) is 6.54 Å². The van der Waals surface area contributed by atoms with Crippen LogP contribution in [0.2, 0.25) is 0 Å². The number of hydrogen-bond acceptors (Lipinski definition) is 3. The number of hydrogen-bond donors (Lipinski definition) is 2. The molecule has 0 aliphatic carbocycles. The molecule has 94 valence electrons. The highest BCUT2D eigenvalue weighted by Crippen LogP contribution is 2.03. The Morgan fingerprint density at radius 2 is 2.12 bits per heavy atom. The summed E-state index contributed by atoms with van der Waals surface area (Å²) in [5.74, 6) is 0.00294. The summed E-state index contributed by atoms with van der Waals surface area (Å²) in [6.45, 7) is 8.98. The van der Waals surface area contributed by atoms with Crippen LogP contribution < -0.4 is 10.6 Å². The lowest BCUT2D eigenvalue weighted by atomic mass is 10.1. The predicted octanol–water partition coefficient (Wildman–Crippen LogP) is 1.39. The fourth-order valence-electron chi connectivity index (χ4n) is 1.28. The molecule has 0 fully saturated rings. The first-order valence-electron chi connectivity index (χ1n) is 5.80. The number of carbonyl (C=O) groups is 1. The highest BCUT2D eigenvalue weighted by atomic mass is 16.1. The van der Waals surface area contributed by atoms with Gasteiger partial charge in [0.15, 0.2) is 0 Å². The Hall–Kier alpha value is -1.42. The van der Waals surface area contributed by atoms with Gasteiger partial charge >= 0.3 is 0 Å². The zero-order valence-corrected chi connectivity index (χ0v) is 11.0. The molecular formula is C13H21N3O. The van der Waals surface area contributed by atoms with E-state index in [0.717, 1.165) is 11.1 Å². The molecule has 17 heavy (non-hydrogen) atoms. The van der Waals surface area contributed by atoms with E-state index in [9.17, 15) is 4.79 Å². The van der Waals surface area contributed by atoms with Crippen molar-refractivity contribution >= 4 is 5.91 Å². The third kappa shape index (κ3) is 5.45. The lowest BCUT2D eigenvalue weighted by Crippen LogP contribution is -2.43. The van der Waals surface area contributed by atoms with Crippen molar-refractivity contribution in [2.24, 2.45) is 0 Å². The summed E-state index contributed by atoms with van der Waals surface area (Å²) in [6.07, 6.45) is 3.54. The van der Waals surface area contributed by atoms with Crippen LogP contribution in [-0.4, -0.2) is 23.0 Å². The second-order valence-electron chi connectivity index (χ2n) is 5.18. The Labute approximate surface area is 103 Å². The standard InChI is InChI=1S/C13H21N3O/c1-10-5-6-14-7-11(10)8-15-12(17)9-16-13(2,3)4/h5-7,16H,8-9H2,1-4H3,(H,15,17). The predicted molar refractivity (Wildman–Crippen MR) is 68.6 cm³/mol. The first-order valence-corrected chi connectivity index (χ1v) is 5.80. The molecule has 1 amide bonds. The van der Waals surface area contributed by atoms with Gasteiger partial charge in [-0.25, -0.2) is 0 Å². The molecule has 0 aliphatic heterocycles. The van der Waals surface area contributed by atoms with E-state index in [1.165, 1.54) is 0 Å². The van der Waals surface area contributed by atoms with Crippen molar-refractivity contribution in [1.82, 2.24) is 15.6 Å². The molecule has 0 aliphatic rings. The van der Waals surface area contributed by atoms with Gasteiger partial charge in [-0.3, -0.25) is 9.78 Å². The lowest BCUT2D eigenvalue weighted by Gasteiger charge is -2.20. The highest BCUT2D eigenvalue weighted by molar-refractivity contribution is 5.78. The maximum absolute atomic E-state index is 11.6. The van der Waals surface area contributed by atoms with Crippen LogP contribution >= 0.6 is 0 Å². The lowest BCUT2D eigenvalue weighted by molar-refractivity contribution is -0.120. The van der Waals surface area contributed by atoms with Crippen molar-refractivity contribution in [3.8, 4) is 0 Å². The van der Waals surface area contributed by atoms with Crippen LogP contribution in [0.3, 0.4) is 0 Å². The number of aromatic nitrogens is 1. The SMILES string of the molecule is Cc1ccncc1CNC(=O)CNC(C)(C)C. The zero-order valence-electron chi connectivity index (χ0n) is 11.0. The van der Waals surface area contributed by atoms with E-state index >= 15 is 0 Å². The monoisotopic (exact) mass is 235 g/mol. The van der Waals surface area contributed by atoms with E-state index in [2.05, 4.69) is 15.6 Å². The van der Waals surface area contributed by atoms with Crippen molar-refractivity contribution in [2.75, 3.05) is 6.54 Å². The molecule has 0 unspecified atom stereocenters. The van der Waals surface area contributed by atoms with Gasteiger partial charge in [0.25, 0.3) is 0 Å². The average molecular weight is 235 g/mol. The van der Waals surface area contributed by atoms with Gasteiger partial charge in [0, 0.05) is 24.5 Å². The second-order valence-corrected chi connectivity index (χ2v) is 5.18. The van der Waals surface area contributed by atoms with E-state index in [1.54, 1.807) is 12.4 Å². The van der Waals surface area contributed by atoms with Gasteiger partial charge in [-0.2, -0.15) is 0 Å². The van der Waals surface area contributed by atoms with Crippen molar-refractivity contribution in [3.05, 3.63) is 29.6 Å². The molecule has 0 radical (unpaired) electrons. The molecule has 4 nitrogen and oxygen atoms in total. The van der Waals surface area contributed by atoms with Gasteiger partial charge in [-0.1, -0.05) is 0 Å². The van der Waals surface area contributed by atoms with Crippen LogP contribution in [-0.2, 0) is 11.3 Å². The Morgan fingerprint density at radius 1 is 1.41 bits per heavy atom. The molecule has 1 rings (SSSR count). The quantitative estimate of drug-likeness (QED) is 0.829. The molecule has 0 aromatic carbocycles. The summed E-state index contributed by atoms with van der Waals surface area (Å²) in [4.78, 5) is 15.6. The third-order valence-corrected chi connectivity index (χ3v) is 2.40. The van der Waals surface area contributed by atoms with Gasteiger partial charge in [-0.05, 0) is 44.9 Å². The number of carbonyl (C=O) groups excluding carboxylic acids is 1. The molecule has 0 atom stereocenters. The smallest absolute Gasteiger partial charge is 0.234 e. The molecule has 2 N–H and O–H groups in total. The van der Waals surface area contributed by atoms with Gasteiger partial charge in [0.2, 0.25) is 5.91 Å². The van der Waals surface area contributed by atoms with Crippen LogP contribution in [0.25, 0.3) is 0 Å².